The first kappa shape index (κ1) is 16.0. The molecule has 22 heavy (non-hydrogen) atoms. The summed E-state index contributed by atoms with van der Waals surface area (Å²) in [4.78, 5) is 15.8. The number of nitrogens with one attached hydrogen (secondary N) is 2. The Morgan fingerprint density at radius 3 is 2.73 bits per heavy atom. The minimum atomic E-state index is -1.21. The van der Waals surface area contributed by atoms with Crippen molar-refractivity contribution in [3.63, 3.8) is 0 Å². The molecule has 0 aliphatic rings. The third-order valence-corrected chi connectivity index (χ3v) is 3.27. The van der Waals surface area contributed by atoms with Crippen LogP contribution in [0.15, 0.2) is 16.8 Å². The second kappa shape index (κ2) is 6.18. The maximum Gasteiger partial charge on any atom is 0.315 e. The van der Waals surface area contributed by atoms with E-state index in [-0.39, 0.29) is 13.1 Å². The molecule has 0 aromatic carbocycles. The van der Waals surface area contributed by atoms with Crippen molar-refractivity contribution in [3.05, 3.63) is 35.3 Å². The van der Waals surface area contributed by atoms with Gasteiger partial charge in [-0.3, -0.25) is 4.68 Å². The number of urea groups is 1. The van der Waals surface area contributed by atoms with Gasteiger partial charge in [0, 0.05) is 12.6 Å². The van der Waals surface area contributed by atoms with Crippen LogP contribution in [0, 0.1) is 13.8 Å². The number of hydrogen-bond acceptors (Lipinski definition) is 5. The monoisotopic (exact) mass is 307 g/mol. The van der Waals surface area contributed by atoms with Crippen molar-refractivity contribution in [3.8, 4) is 0 Å². The predicted octanol–water partition coefficient (Wildman–Crippen LogP) is 0.732. The fraction of sp³-hybridized carbons (Fsp3) is 0.500. The van der Waals surface area contributed by atoms with Crippen LogP contribution < -0.4 is 10.6 Å². The average molecular weight is 307 g/mol. The second-order valence-electron chi connectivity index (χ2n) is 5.47. The molecule has 2 aromatic rings. The number of hydrogen-bond donors (Lipinski definition) is 3. The summed E-state index contributed by atoms with van der Waals surface area (Å²) in [6, 6.07) is 1.37. The SMILES string of the molecule is Cc1cc(C(C)(O)CNC(=O)NCc2ncn(C)n2)c(C)o1. The van der Waals surface area contributed by atoms with Gasteiger partial charge in [0.05, 0.1) is 13.1 Å². The van der Waals surface area contributed by atoms with E-state index in [2.05, 4.69) is 20.7 Å². The summed E-state index contributed by atoms with van der Waals surface area (Å²) in [5.41, 5.74) is -0.542. The Labute approximate surface area is 128 Å². The smallest absolute Gasteiger partial charge is 0.315 e. The van der Waals surface area contributed by atoms with Gasteiger partial charge in [0.1, 0.15) is 23.4 Å². The highest BCUT2D eigenvalue weighted by atomic mass is 16.3. The molecular weight excluding hydrogens is 286 g/mol. The zero-order valence-electron chi connectivity index (χ0n) is 13.2. The average Bonchev–Trinajstić information content (AvgIpc) is 3.00. The zero-order valence-corrected chi connectivity index (χ0v) is 13.2. The van der Waals surface area contributed by atoms with E-state index in [0.29, 0.717) is 17.1 Å². The largest absolute Gasteiger partial charge is 0.466 e. The number of rotatable bonds is 5. The molecule has 0 fully saturated rings. The van der Waals surface area contributed by atoms with E-state index in [1.54, 1.807) is 38.0 Å². The van der Waals surface area contributed by atoms with Gasteiger partial charge in [-0.05, 0) is 26.8 Å². The molecule has 0 radical (unpaired) electrons. The van der Waals surface area contributed by atoms with Crippen LogP contribution in [0.25, 0.3) is 0 Å². The summed E-state index contributed by atoms with van der Waals surface area (Å²) in [5.74, 6) is 1.88. The summed E-state index contributed by atoms with van der Waals surface area (Å²) in [5, 5.41) is 19.8. The van der Waals surface area contributed by atoms with Crippen LogP contribution >= 0.6 is 0 Å². The summed E-state index contributed by atoms with van der Waals surface area (Å²) < 4.78 is 6.97. The fourth-order valence-corrected chi connectivity index (χ4v) is 2.20. The summed E-state index contributed by atoms with van der Waals surface area (Å²) in [7, 11) is 1.75. The van der Waals surface area contributed by atoms with Gasteiger partial charge in [0.15, 0.2) is 5.82 Å². The molecule has 0 saturated heterocycles. The molecule has 2 heterocycles. The molecule has 0 aliphatic carbocycles. The van der Waals surface area contributed by atoms with Gasteiger partial charge in [0.2, 0.25) is 0 Å². The number of nitrogens with zero attached hydrogens (tertiary/aromatic N) is 3. The number of aliphatic hydroxyl groups is 1. The minimum absolute atomic E-state index is 0.0638. The van der Waals surface area contributed by atoms with Crippen molar-refractivity contribution in [2.45, 2.75) is 32.9 Å². The Morgan fingerprint density at radius 1 is 1.45 bits per heavy atom. The molecule has 8 heteroatoms. The Kier molecular flexibility index (Phi) is 4.51. The molecule has 8 nitrogen and oxygen atoms in total. The normalized spacial score (nSPS) is 13.7. The first-order valence-electron chi connectivity index (χ1n) is 6.94. The quantitative estimate of drug-likeness (QED) is 0.755. The number of aryl methyl sites for hydroxylation is 3. The van der Waals surface area contributed by atoms with Crippen LogP contribution in [0.3, 0.4) is 0 Å². The highest BCUT2D eigenvalue weighted by Gasteiger charge is 2.28. The van der Waals surface area contributed by atoms with E-state index in [9.17, 15) is 9.90 Å². The fourth-order valence-electron chi connectivity index (χ4n) is 2.20. The van der Waals surface area contributed by atoms with E-state index in [4.69, 9.17) is 4.42 Å². The number of carbonyl (C=O) groups excluding carboxylic acids is 1. The van der Waals surface area contributed by atoms with Crippen molar-refractivity contribution in [2.24, 2.45) is 7.05 Å². The maximum absolute atomic E-state index is 11.8. The minimum Gasteiger partial charge on any atom is -0.466 e. The van der Waals surface area contributed by atoms with Crippen molar-refractivity contribution in [1.29, 1.82) is 0 Å². The number of furan rings is 1. The second-order valence-corrected chi connectivity index (χ2v) is 5.47. The van der Waals surface area contributed by atoms with E-state index in [0.717, 1.165) is 5.76 Å². The number of amides is 2. The first-order valence-corrected chi connectivity index (χ1v) is 6.94. The molecule has 2 rings (SSSR count). The Balaban J connectivity index is 1.86. The Hall–Kier alpha value is -2.35. The highest BCUT2D eigenvalue weighted by molar-refractivity contribution is 5.73. The molecule has 0 saturated carbocycles. The van der Waals surface area contributed by atoms with E-state index >= 15 is 0 Å². The zero-order chi connectivity index (χ0) is 16.3. The number of aromatic nitrogens is 3. The molecule has 2 aromatic heterocycles. The topological polar surface area (TPSA) is 105 Å². The molecule has 1 unspecified atom stereocenters. The lowest BCUT2D eigenvalue weighted by Gasteiger charge is -2.23. The standard InChI is InChI=1S/C14H21N5O3/c1-9-5-11(10(2)22-9)14(3,21)7-16-13(20)15-6-12-17-8-19(4)18-12/h5,8,21H,6-7H2,1-4H3,(H2,15,16,20). The Bertz CT molecular complexity index is 659. The van der Waals surface area contributed by atoms with Crippen LogP contribution in [-0.2, 0) is 19.2 Å². The third-order valence-electron chi connectivity index (χ3n) is 3.27. The maximum atomic E-state index is 11.8. The van der Waals surface area contributed by atoms with Crippen LogP contribution in [0.1, 0.15) is 29.8 Å². The molecule has 3 N–H and O–H groups in total. The van der Waals surface area contributed by atoms with Crippen molar-refractivity contribution >= 4 is 6.03 Å². The van der Waals surface area contributed by atoms with Gasteiger partial charge in [-0.15, -0.1) is 0 Å². The lowest BCUT2D eigenvalue weighted by Crippen LogP contribution is -2.43. The van der Waals surface area contributed by atoms with Crippen LogP contribution in [0.2, 0.25) is 0 Å². The summed E-state index contributed by atoms with van der Waals surface area (Å²) in [6.07, 6.45) is 1.56. The Morgan fingerprint density at radius 2 is 2.18 bits per heavy atom. The first-order chi connectivity index (χ1) is 10.3. The van der Waals surface area contributed by atoms with Crippen LogP contribution in [-0.4, -0.2) is 32.4 Å². The van der Waals surface area contributed by atoms with Gasteiger partial charge in [0.25, 0.3) is 0 Å². The predicted molar refractivity (Wildman–Crippen MR) is 79.0 cm³/mol. The van der Waals surface area contributed by atoms with E-state index in [1.165, 1.54) is 0 Å². The molecule has 120 valence electrons. The molecule has 2 amide bonds. The summed E-state index contributed by atoms with van der Waals surface area (Å²) in [6.45, 7) is 5.51. The van der Waals surface area contributed by atoms with E-state index in [1.807, 2.05) is 6.92 Å². The lowest BCUT2D eigenvalue weighted by molar-refractivity contribution is 0.0579. The molecule has 0 spiro atoms. The van der Waals surface area contributed by atoms with Crippen molar-refractivity contribution in [2.75, 3.05) is 6.54 Å². The summed E-state index contributed by atoms with van der Waals surface area (Å²) >= 11 is 0. The number of carbonyl (C=O) groups is 1. The van der Waals surface area contributed by atoms with Gasteiger partial charge in [-0.25, -0.2) is 9.78 Å². The third kappa shape index (κ3) is 3.85. The van der Waals surface area contributed by atoms with Crippen LogP contribution in [0.4, 0.5) is 4.79 Å². The van der Waals surface area contributed by atoms with Crippen molar-refractivity contribution < 1.29 is 14.3 Å². The van der Waals surface area contributed by atoms with E-state index < -0.39 is 11.6 Å². The molecule has 1 atom stereocenters. The van der Waals surface area contributed by atoms with Gasteiger partial charge >= 0.3 is 6.03 Å². The van der Waals surface area contributed by atoms with Gasteiger partial charge in [-0.2, -0.15) is 5.10 Å². The molecular formula is C14H21N5O3. The molecule has 0 bridgehead atoms. The molecule has 0 aliphatic heterocycles. The van der Waals surface area contributed by atoms with Gasteiger partial charge < -0.3 is 20.2 Å². The lowest BCUT2D eigenvalue weighted by atomic mass is 9.96. The van der Waals surface area contributed by atoms with Crippen LogP contribution in [0.5, 0.6) is 0 Å². The van der Waals surface area contributed by atoms with Gasteiger partial charge in [-0.1, -0.05) is 0 Å². The van der Waals surface area contributed by atoms with Crippen molar-refractivity contribution in [1.82, 2.24) is 25.4 Å². The highest BCUT2D eigenvalue weighted by Crippen LogP contribution is 2.26.